The van der Waals surface area contributed by atoms with Crippen molar-refractivity contribution >= 4 is 21.7 Å². The van der Waals surface area contributed by atoms with Gasteiger partial charge in [0.15, 0.2) is 5.71 Å². The quantitative estimate of drug-likeness (QED) is 0.364. The molecule has 0 aromatic heterocycles. The molecule has 0 fully saturated rings. The zero-order valence-corrected chi connectivity index (χ0v) is 15.1. The topological polar surface area (TPSA) is 72.8 Å². The van der Waals surface area contributed by atoms with E-state index in [-0.39, 0.29) is 17.2 Å². The van der Waals surface area contributed by atoms with Crippen molar-refractivity contribution in [3.05, 3.63) is 42.5 Å². The van der Waals surface area contributed by atoms with E-state index >= 15 is 0 Å². The molecule has 0 amide bonds. The van der Waals surface area contributed by atoms with Crippen molar-refractivity contribution in [3.63, 3.8) is 0 Å². The number of ether oxygens (including phenoxy) is 1. The van der Waals surface area contributed by atoms with Crippen LogP contribution in [0.15, 0.2) is 51.8 Å². The van der Waals surface area contributed by atoms with Crippen molar-refractivity contribution in [1.82, 2.24) is 0 Å². The van der Waals surface area contributed by atoms with Crippen LogP contribution in [0.1, 0.15) is 46.0 Å². The Hall–Kier alpha value is -1.95. The molecule has 0 bridgehead atoms. The Morgan fingerprint density at radius 2 is 1.83 bits per heavy atom. The van der Waals surface area contributed by atoms with Gasteiger partial charge in [-0.3, -0.25) is 0 Å². The van der Waals surface area contributed by atoms with Crippen LogP contribution in [0.4, 0.5) is 0 Å². The summed E-state index contributed by atoms with van der Waals surface area (Å²) < 4.78 is 33.1. The number of allylic oxidation sites excluding steroid dienone is 1. The molecule has 5 nitrogen and oxygen atoms in total. The number of hydrogen-bond donors (Lipinski definition) is 0. The van der Waals surface area contributed by atoms with E-state index in [9.17, 15) is 13.2 Å². The number of unbranched alkanes of at least 4 members (excludes halogenated alkanes) is 4. The molecule has 0 spiro atoms. The Balaban J connectivity index is 2.93. The van der Waals surface area contributed by atoms with E-state index in [0.29, 0.717) is 0 Å². The highest BCUT2D eigenvalue weighted by Gasteiger charge is 2.17. The summed E-state index contributed by atoms with van der Waals surface area (Å²) in [6.07, 6.45) is 8.38. The maximum Gasteiger partial charge on any atom is 0.357 e. The predicted octanol–water partition coefficient (Wildman–Crippen LogP) is 3.91. The SMILES string of the molecule is CCCCCC/C=C/C(=N\S(=O)(=O)c1ccccc1)C(=O)OCC. The molecule has 1 rings (SSSR count). The molecule has 132 valence electrons. The summed E-state index contributed by atoms with van der Waals surface area (Å²) in [6, 6.07) is 7.81. The van der Waals surface area contributed by atoms with Gasteiger partial charge in [0.25, 0.3) is 10.0 Å². The first-order chi connectivity index (χ1) is 11.5. The highest BCUT2D eigenvalue weighted by atomic mass is 32.2. The number of hydrogen-bond acceptors (Lipinski definition) is 4. The lowest BCUT2D eigenvalue weighted by Gasteiger charge is -2.03. The molecule has 24 heavy (non-hydrogen) atoms. The zero-order chi connectivity index (χ0) is 17.8. The Kier molecular flexibility index (Phi) is 9.01. The fourth-order valence-corrected chi connectivity index (χ4v) is 3.00. The maximum absolute atomic E-state index is 12.3. The fourth-order valence-electron chi connectivity index (χ4n) is 2.00. The second-order valence-electron chi connectivity index (χ2n) is 5.24. The summed E-state index contributed by atoms with van der Waals surface area (Å²) in [5.74, 6) is -0.734. The minimum absolute atomic E-state index is 0.0446. The molecule has 0 radical (unpaired) electrons. The Bertz CT molecular complexity index is 664. The van der Waals surface area contributed by atoms with Crippen LogP contribution in [-0.4, -0.2) is 26.7 Å². The van der Waals surface area contributed by atoms with Gasteiger partial charge in [-0.15, -0.1) is 0 Å². The largest absolute Gasteiger partial charge is 0.461 e. The molecule has 0 unspecified atom stereocenters. The maximum atomic E-state index is 12.3. The Morgan fingerprint density at radius 1 is 1.12 bits per heavy atom. The van der Waals surface area contributed by atoms with E-state index < -0.39 is 16.0 Å². The molecular formula is C18H25NO4S. The lowest BCUT2D eigenvalue weighted by molar-refractivity contribution is -0.134. The van der Waals surface area contributed by atoms with Crippen molar-refractivity contribution in [2.75, 3.05) is 6.61 Å². The van der Waals surface area contributed by atoms with Gasteiger partial charge in [-0.25, -0.2) is 4.79 Å². The molecule has 1 aromatic carbocycles. The number of sulfonamides is 1. The lowest BCUT2D eigenvalue weighted by Crippen LogP contribution is -2.17. The van der Waals surface area contributed by atoms with Crippen molar-refractivity contribution < 1.29 is 17.9 Å². The van der Waals surface area contributed by atoms with Crippen molar-refractivity contribution in [2.45, 2.75) is 50.8 Å². The van der Waals surface area contributed by atoms with Gasteiger partial charge in [0.05, 0.1) is 11.5 Å². The van der Waals surface area contributed by atoms with E-state index in [4.69, 9.17) is 4.74 Å². The van der Waals surface area contributed by atoms with Gasteiger partial charge in [0, 0.05) is 0 Å². The second-order valence-corrected chi connectivity index (χ2v) is 6.84. The van der Waals surface area contributed by atoms with E-state index in [2.05, 4.69) is 11.3 Å². The monoisotopic (exact) mass is 351 g/mol. The number of benzene rings is 1. The van der Waals surface area contributed by atoms with Crippen molar-refractivity contribution in [1.29, 1.82) is 0 Å². The molecule has 0 heterocycles. The van der Waals surface area contributed by atoms with Crippen LogP contribution in [0.25, 0.3) is 0 Å². The first-order valence-electron chi connectivity index (χ1n) is 8.25. The summed E-state index contributed by atoms with van der Waals surface area (Å²) in [7, 11) is -3.94. The van der Waals surface area contributed by atoms with Gasteiger partial charge in [-0.2, -0.15) is 12.8 Å². The van der Waals surface area contributed by atoms with Crippen LogP contribution in [-0.2, 0) is 19.6 Å². The number of rotatable bonds is 10. The van der Waals surface area contributed by atoms with Crippen LogP contribution in [0.3, 0.4) is 0 Å². The van der Waals surface area contributed by atoms with Crippen LogP contribution in [0.2, 0.25) is 0 Å². The van der Waals surface area contributed by atoms with Gasteiger partial charge in [0.1, 0.15) is 0 Å². The van der Waals surface area contributed by atoms with E-state index in [1.165, 1.54) is 18.2 Å². The summed E-state index contributed by atoms with van der Waals surface area (Å²) in [6.45, 7) is 3.96. The molecular weight excluding hydrogens is 326 g/mol. The van der Waals surface area contributed by atoms with E-state index in [1.54, 1.807) is 31.2 Å². The molecule has 6 heteroatoms. The van der Waals surface area contributed by atoms with Gasteiger partial charge in [0.2, 0.25) is 0 Å². The first kappa shape index (κ1) is 20.1. The number of esters is 1. The summed E-state index contributed by atoms with van der Waals surface area (Å²) >= 11 is 0. The predicted molar refractivity (Wildman–Crippen MR) is 95.6 cm³/mol. The molecule has 0 aliphatic rings. The molecule has 0 saturated carbocycles. The highest BCUT2D eigenvalue weighted by molar-refractivity contribution is 7.90. The third kappa shape index (κ3) is 7.08. The van der Waals surface area contributed by atoms with Crippen LogP contribution < -0.4 is 0 Å². The molecule has 0 N–H and O–H groups in total. The molecule has 0 aliphatic carbocycles. The van der Waals surface area contributed by atoms with E-state index in [1.807, 2.05) is 0 Å². The fraction of sp³-hybridized carbons (Fsp3) is 0.444. The van der Waals surface area contributed by atoms with Gasteiger partial charge in [-0.05, 0) is 38.0 Å². The third-order valence-corrected chi connectivity index (χ3v) is 4.55. The average molecular weight is 351 g/mol. The molecule has 0 aliphatic heterocycles. The molecule has 0 atom stereocenters. The van der Waals surface area contributed by atoms with Gasteiger partial charge < -0.3 is 4.74 Å². The summed E-state index contributed by atoms with van der Waals surface area (Å²) in [4.78, 5) is 12.0. The summed E-state index contributed by atoms with van der Waals surface area (Å²) in [5, 5.41) is 0. The standard InChI is InChI=1S/C18H25NO4S/c1-3-5-6-7-8-12-15-17(18(20)23-4-2)19-24(21,22)16-13-10-9-11-14-16/h9-15H,3-8H2,1-2H3/b15-12+,19-17+. The van der Waals surface area contributed by atoms with Crippen molar-refractivity contribution in [2.24, 2.45) is 4.40 Å². The van der Waals surface area contributed by atoms with Crippen LogP contribution >= 0.6 is 0 Å². The average Bonchev–Trinajstić information content (AvgIpc) is 2.58. The number of carbonyl (C=O) groups excluding carboxylic acids is 1. The van der Waals surface area contributed by atoms with Gasteiger partial charge >= 0.3 is 5.97 Å². The minimum atomic E-state index is -3.94. The zero-order valence-electron chi connectivity index (χ0n) is 14.3. The Labute approximate surface area is 144 Å². The second kappa shape index (κ2) is 10.8. The molecule has 1 aromatic rings. The van der Waals surface area contributed by atoms with Crippen LogP contribution in [0, 0.1) is 0 Å². The smallest absolute Gasteiger partial charge is 0.357 e. The molecule has 0 saturated heterocycles. The van der Waals surface area contributed by atoms with Crippen LogP contribution in [0.5, 0.6) is 0 Å². The van der Waals surface area contributed by atoms with E-state index in [0.717, 1.165) is 32.1 Å². The number of nitrogens with zero attached hydrogens (tertiary/aromatic N) is 1. The van der Waals surface area contributed by atoms with Crippen molar-refractivity contribution in [3.8, 4) is 0 Å². The number of carbonyl (C=O) groups is 1. The third-order valence-electron chi connectivity index (χ3n) is 3.24. The lowest BCUT2D eigenvalue weighted by atomic mass is 10.1. The first-order valence-corrected chi connectivity index (χ1v) is 9.69. The normalized spacial score (nSPS) is 12.5. The highest BCUT2D eigenvalue weighted by Crippen LogP contribution is 2.12. The minimum Gasteiger partial charge on any atom is -0.461 e. The Morgan fingerprint density at radius 3 is 2.46 bits per heavy atom. The van der Waals surface area contributed by atoms with Gasteiger partial charge in [-0.1, -0.05) is 50.5 Å². The summed E-state index contributed by atoms with van der Waals surface area (Å²) in [5.41, 5.74) is -0.198.